The molecule has 0 bridgehead atoms. The fourth-order valence-corrected chi connectivity index (χ4v) is 2.28. The Kier molecular flexibility index (Phi) is 6.42. The van der Waals surface area contributed by atoms with Gasteiger partial charge in [-0.2, -0.15) is 0 Å². The Labute approximate surface area is 152 Å². The lowest BCUT2D eigenvalue weighted by atomic mass is 10.1. The Hall–Kier alpha value is -2.53. The van der Waals surface area contributed by atoms with Crippen LogP contribution in [0.15, 0.2) is 42.5 Å². The maximum Gasteiger partial charge on any atom is 0.260 e. The average Bonchev–Trinajstić information content (AvgIpc) is 2.57. The van der Waals surface area contributed by atoms with Gasteiger partial charge in [-0.05, 0) is 55.3 Å². The first-order chi connectivity index (χ1) is 11.8. The summed E-state index contributed by atoms with van der Waals surface area (Å²) in [6, 6.07) is 12.6. The molecule has 0 heterocycles. The summed E-state index contributed by atoms with van der Waals surface area (Å²) in [5.41, 5.74) is 2.65. The van der Waals surface area contributed by atoms with Crippen LogP contribution in [0, 0.1) is 13.8 Å². The third-order valence-corrected chi connectivity index (χ3v) is 3.88. The summed E-state index contributed by atoms with van der Waals surface area (Å²) >= 11 is 5.80. The van der Waals surface area contributed by atoms with E-state index in [0.29, 0.717) is 16.5 Å². The molecule has 0 spiro atoms. The van der Waals surface area contributed by atoms with Crippen LogP contribution in [0.4, 0.5) is 5.69 Å². The highest BCUT2D eigenvalue weighted by atomic mass is 35.5. The first-order valence-electron chi connectivity index (χ1n) is 7.84. The Balaban J connectivity index is 1.84. The molecule has 0 unspecified atom stereocenters. The van der Waals surface area contributed by atoms with E-state index in [9.17, 15) is 9.59 Å². The van der Waals surface area contributed by atoms with Crippen LogP contribution in [-0.2, 0) is 9.59 Å². The van der Waals surface area contributed by atoms with Crippen molar-refractivity contribution in [2.75, 3.05) is 25.5 Å². The van der Waals surface area contributed by atoms with Gasteiger partial charge in [0, 0.05) is 17.8 Å². The lowest BCUT2D eigenvalue weighted by Crippen LogP contribution is -2.37. The van der Waals surface area contributed by atoms with Crippen LogP contribution >= 0.6 is 11.6 Å². The molecule has 0 saturated carbocycles. The summed E-state index contributed by atoms with van der Waals surface area (Å²) in [6.07, 6.45) is 0. The summed E-state index contributed by atoms with van der Waals surface area (Å²) in [5, 5.41) is 3.30. The molecule has 6 heteroatoms. The molecule has 0 aliphatic rings. The highest BCUT2D eigenvalue weighted by molar-refractivity contribution is 6.30. The van der Waals surface area contributed by atoms with Crippen LogP contribution < -0.4 is 10.1 Å². The molecule has 2 aromatic carbocycles. The van der Waals surface area contributed by atoms with Crippen molar-refractivity contribution in [1.29, 1.82) is 0 Å². The first-order valence-corrected chi connectivity index (χ1v) is 8.22. The van der Waals surface area contributed by atoms with Gasteiger partial charge in [-0.25, -0.2) is 0 Å². The van der Waals surface area contributed by atoms with E-state index >= 15 is 0 Å². The van der Waals surface area contributed by atoms with E-state index in [0.717, 1.165) is 11.1 Å². The predicted octanol–water partition coefficient (Wildman–Crippen LogP) is 3.43. The van der Waals surface area contributed by atoms with Crippen molar-refractivity contribution in [2.45, 2.75) is 13.8 Å². The van der Waals surface area contributed by atoms with Crippen molar-refractivity contribution in [2.24, 2.45) is 0 Å². The molecule has 132 valence electrons. The molecule has 1 N–H and O–H groups in total. The van der Waals surface area contributed by atoms with Gasteiger partial charge in [-0.3, -0.25) is 9.59 Å². The minimum absolute atomic E-state index is 0.0579. The van der Waals surface area contributed by atoms with E-state index in [1.165, 1.54) is 4.90 Å². The second-order valence-corrected chi connectivity index (χ2v) is 6.30. The number of amides is 2. The fourth-order valence-electron chi connectivity index (χ4n) is 2.15. The first kappa shape index (κ1) is 18.8. The highest BCUT2D eigenvalue weighted by Gasteiger charge is 2.14. The van der Waals surface area contributed by atoms with E-state index in [1.807, 2.05) is 32.0 Å². The molecule has 0 atom stereocenters. The van der Waals surface area contributed by atoms with Crippen molar-refractivity contribution >= 4 is 29.1 Å². The largest absolute Gasteiger partial charge is 0.483 e. The third kappa shape index (κ3) is 5.80. The van der Waals surface area contributed by atoms with Crippen molar-refractivity contribution < 1.29 is 14.3 Å². The number of likely N-dealkylation sites (N-methyl/N-ethyl adjacent to an activating group) is 1. The number of nitrogens with one attached hydrogen (secondary N) is 1. The maximum absolute atomic E-state index is 12.1. The van der Waals surface area contributed by atoms with Gasteiger partial charge in [0.05, 0.1) is 6.54 Å². The van der Waals surface area contributed by atoms with E-state index in [4.69, 9.17) is 16.3 Å². The van der Waals surface area contributed by atoms with Gasteiger partial charge in [0.2, 0.25) is 5.91 Å². The predicted molar refractivity (Wildman–Crippen MR) is 99.1 cm³/mol. The zero-order valence-electron chi connectivity index (χ0n) is 14.5. The molecule has 2 amide bonds. The topological polar surface area (TPSA) is 58.6 Å². The Morgan fingerprint density at radius 2 is 1.80 bits per heavy atom. The number of anilines is 1. The van der Waals surface area contributed by atoms with Crippen molar-refractivity contribution in [3.05, 3.63) is 58.6 Å². The summed E-state index contributed by atoms with van der Waals surface area (Å²) in [5.74, 6) is 0.115. The lowest BCUT2D eigenvalue weighted by molar-refractivity contribution is -0.135. The van der Waals surface area contributed by atoms with E-state index < -0.39 is 0 Å². The van der Waals surface area contributed by atoms with Gasteiger partial charge < -0.3 is 15.0 Å². The zero-order valence-corrected chi connectivity index (χ0v) is 15.3. The number of rotatable bonds is 6. The Morgan fingerprint density at radius 1 is 1.12 bits per heavy atom. The molecule has 0 fully saturated rings. The smallest absolute Gasteiger partial charge is 0.260 e. The summed E-state index contributed by atoms with van der Waals surface area (Å²) in [4.78, 5) is 25.5. The minimum atomic E-state index is -0.287. The number of hydrogen-bond donors (Lipinski definition) is 1. The van der Waals surface area contributed by atoms with Gasteiger partial charge in [0.15, 0.2) is 6.61 Å². The van der Waals surface area contributed by atoms with Gasteiger partial charge >= 0.3 is 0 Å². The Morgan fingerprint density at radius 3 is 2.48 bits per heavy atom. The monoisotopic (exact) mass is 360 g/mol. The van der Waals surface area contributed by atoms with Crippen LogP contribution in [0.25, 0.3) is 0 Å². The minimum Gasteiger partial charge on any atom is -0.483 e. The Bertz CT molecular complexity index is 760. The van der Waals surface area contributed by atoms with Crippen molar-refractivity contribution in [3.63, 3.8) is 0 Å². The number of nitrogens with zero attached hydrogens (tertiary/aromatic N) is 1. The molecule has 0 saturated heterocycles. The zero-order chi connectivity index (χ0) is 18.4. The molecule has 0 aliphatic carbocycles. The molecular formula is C19H21ClN2O3. The van der Waals surface area contributed by atoms with Crippen molar-refractivity contribution in [1.82, 2.24) is 4.90 Å². The second kappa shape index (κ2) is 8.53. The quantitative estimate of drug-likeness (QED) is 0.858. The number of benzene rings is 2. The van der Waals surface area contributed by atoms with Crippen LogP contribution in [0.5, 0.6) is 5.75 Å². The highest BCUT2D eigenvalue weighted by Crippen LogP contribution is 2.19. The van der Waals surface area contributed by atoms with Crippen LogP contribution in [0.3, 0.4) is 0 Å². The van der Waals surface area contributed by atoms with E-state index in [2.05, 4.69) is 5.32 Å². The van der Waals surface area contributed by atoms with E-state index in [1.54, 1.807) is 31.3 Å². The number of hydrogen-bond acceptors (Lipinski definition) is 3. The fraction of sp³-hybridized carbons (Fsp3) is 0.263. The lowest BCUT2D eigenvalue weighted by Gasteiger charge is -2.18. The average molecular weight is 361 g/mol. The SMILES string of the molecule is Cc1ccc(C)c(OCC(=O)N(C)CC(=O)Nc2ccc(Cl)cc2)c1. The van der Waals surface area contributed by atoms with Gasteiger partial charge in [-0.1, -0.05) is 23.7 Å². The molecular weight excluding hydrogens is 340 g/mol. The van der Waals surface area contributed by atoms with E-state index in [-0.39, 0.29) is 25.0 Å². The number of ether oxygens (including phenoxy) is 1. The molecule has 2 rings (SSSR count). The second-order valence-electron chi connectivity index (χ2n) is 5.86. The summed E-state index contributed by atoms with van der Waals surface area (Å²) < 4.78 is 5.58. The van der Waals surface area contributed by atoms with Gasteiger partial charge in [0.25, 0.3) is 5.91 Å². The number of aryl methyl sites for hydroxylation is 2. The molecule has 2 aromatic rings. The standard InChI is InChI=1S/C19H21ClN2O3/c1-13-4-5-14(2)17(10-13)25-12-19(24)22(3)11-18(23)21-16-8-6-15(20)7-9-16/h4-10H,11-12H2,1-3H3,(H,21,23). The van der Waals surface area contributed by atoms with Crippen LogP contribution in [0.1, 0.15) is 11.1 Å². The maximum atomic E-state index is 12.1. The number of halogens is 1. The molecule has 0 aromatic heterocycles. The van der Waals surface area contributed by atoms with Gasteiger partial charge in [-0.15, -0.1) is 0 Å². The van der Waals surface area contributed by atoms with Crippen LogP contribution in [-0.4, -0.2) is 36.9 Å². The molecule has 0 radical (unpaired) electrons. The van der Waals surface area contributed by atoms with Gasteiger partial charge in [0.1, 0.15) is 5.75 Å². The summed E-state index contributed by atoms with van der Waals surface area (Å²) in [7, 11) is 1.57. The molecule has 0 aliphatic heterocycles. The third-order valence-electron chi connectivity index (χ3n) is 3.63. The number of carbonyl (C=O) groups excluding carboxylic acids is 2. The number of carbonyl (C=O) groups is 2. The normalized spacial score (nSPS) is 10.2. The van der Waals surface area contributed by atoms with Crippen LogP contribution in [0.2, 0.25) is 5.02 Å². The van der Waals surface area contributed by atoms with Crippen molar-refractivity contribution in [3.8, 4) is 5.75 Å². The summed E-state index contributed by atoms with van der Waals surface area (Å²) in [6.45, 7) is 3.70. The molecule has 25 heavy (non-hydrogen) atoms. The molecule has 5 nitrogen and oxygen atoms in total.